The van der Waals surface area contributed by atoms with E-state index in [1.54, 1.807) is 0 Å². The molecule has 2 heteroatoms. The minimum absolute atomic E-state index is 0.326. The molecule has 2 radical (unpaired) electrons. The van der Waals surface area contributed by atoms with Crippen LogP contribution in [-0.2, 0) is 0 Å². The Morgan fingerprint density at radius 1 is 2.00 bits per heavy atom. The molecule has 0 rings (SSSR count). The van der Waals surface area contributed by atoms with Gasteiger partial charge >= 0.3 is 39.8 Å². The molecule has 0 heterocycles. The molecule has 0 aliphatic heterocycles. The van der Waals surface area contributed by atoms with Crippen molar-refractivity contribution in [3.8, 4) is 0 Å². The van der Waals surface area contributed by atoms with Crippen LogP contribution in [0.4, 0.5) is 0 Å². The standard InChI is InChI=1S/C2H5BrGe/c1-2-4-3/h2H2,1H3. The summed E-state index contributed by atoms with van der Waals surface area (Å²) in [5.41, 5.74) is 0. The molecule has 0 saturated heterocycles. The van der Waals surface area contributed by atoms with Crippen molar-refractivity contribution in [3.63, 3.8) is 0 Å². The van der Waals surface area contributed by atoms with E-state index in [-0.39, 0.29) is 0 Å². The zero-order valence-electron chi connectivity index (χ0n) is 2.59. The zero-order chi connectivity index (χ0) is 3.41. The summed E-state index contributed by atoms with van der Waals surface area (Å²) in [4.78, 5) is 0. The molecule has 0 aromatic rings. The van der Waals surface area contributed by atoms with Gasteiger partial charge in [-0.2, -0.15) is 0 Å². The quantitative estimate of drug-likeness (QED) is 0.537. The minimum atomic E-state index is 0.326. The van der Waals surface area contributed by atoms with Gasteiger partial charge in [-0.1, -0.05) is 0 Å². The fraction of sp³-hybridized carbons (Fsp3) is 1.00. The van der Waals surface area contributed by atoms with Gasteiger partial charge in [-0.3, -0.25) is 0 Å². The molecule has 4 heavy (non-hydrogen) atoms. The summed E-state index contributed by atoms with van der Waals surface area (Å²) >= 11 is 3.70. The van der Waals surface area contributed by atoms with E-state index in [1.165, 1.54) is 5.25 Å². The molecule has 24 valence electrons. The molecule has 0 bridgehead atoms. The summed E-state index contributed by atoms with van der Waals surface area (Å²) in [6, 6.07) is 0. The SMILES string of the molecule is C[CH2][Ge][Br]. The second kappa shape index (κ2) is 4.02. The van der Waals surface area contributed by atoms with Crippen LogP contribution in [0.2, 0.25) is 5.25 Å². The van der Waals surface area contributed by atoms with Crippen molar-refractivity contribution in [1.29, 1.82) is 0 Å². The van der Waals surface area contributed by atoms with E-state index in [0.717, 1.165) is 0 Å². The van der Waals surface area contributed by atoms with Crippen molar-refractivity contribution in [1.82, 2.24) is 0 Å². The summed E-state index contributed by atoms with van der Waals surface area (Å²) < 4.78 is 0. The maximum atomic E-state index is 3.37. The molecular formula is C2H5BrGe. The van der Waals surface area contributed by atoms with Crippen molar-refractivity contribution in [3.05, 3.63) is 0 Å². The molecule has 0 aliphatic rings. The Kier molecular flexibility index (Phi) is 5.05. The van der Waals surface area contributed by atoms with Crippen LogP contribution in [0.1, 0.15) is 6.92 Å². The van der Waals surface area contributed by atoms with E-state index in [4.69, 9.17) is 0 Å². The molecule has 0 unspecified atom stereocenters. The Morgan fingerprint density at radius 3 is 2.25 bits per heavy atom. The van der Waals surface area contributed by atoms with E-state index in [1.807, 2.05) is 0 Å². The number of rotatable bonds is 1. The van der Waals surface area contributed by atoms with Crippen LogP contribution in [-0.4, -0.2) is 13.6 Å². The van der Waals surface area contributed by atoms with Crippen molar-refractivity contribution < 1.29 is 0 Å². The van der Waals surface area contributed by atoms with Gasteiger partial charge in [0.2, 0.25) is 0 Å². The van der Waals surface area contributed by atoms with Crippen LogP contribution in [0.15, 0.2) is 0 Å². The van der Waals surface area contributed by atoms with Crippen LogP contribution < -0.4 is 0 Å². The molecule has 0 aliphatic carbocycles. The van der Waals surface area contributed by atoms with E-state index in [2.05, 4.69) is 20.9 Å². The third kappa shape index (κ3) is 3.02. The van der Waals surface area contributed by atoms with Gasteiger partial charge in [0.05, 0.1) is 0 Å². The van der Waals surface area contributed by atoms with Gasteiger partial charge in [0.15, 0.2) is 0 Å². The normalized spacial score (nSPS) is 7.50. The van der Waals surface area contributed by atoms with E-state index < -0.39 is 0 Å². The molecule has 0 atom stereocenters. The first kappa shape index (κ1) is 5.02. The van der Waals surface area contributed by atoms with Gasteiger partial charge in [-0.25, -0.2) is 0 Å². The monoisotopic (exact) mass is 182 g/mol. The number of hydrogen-bond acceptors (Lipinski definition) is 0. The van der Waals surface area contributed by atoms with Crippen molar-refractivity contribution >= 4 is 27.6 Å². The van der Waals surface area contributed by atoms with Crippen molar-refractivity contribution in [2.75, 3.05) is 0 Å². The average molecular weight is 182 g/mol. The summed E-state index contributed by atoms with van der Waals surface area (Å²) in [5.74, 6) is 0. The molecule has 0 N–H and O–H groups in total. The van der Waals surface area contributed by atoms with Gasteiger partial charge in [0, 0.05) is 0 Å². The van der Waals surface area contributed by atoms with Gasteiger partial charge < -0.3 is 0 Å². The molecule has 0 aromatic heterocycles. The Bertz CT molecular complexity index is 8.00. The van der Waals surface area contributed by atoms with Crippen LogP contribution in [0.5, 0.6) is 0 Å². The predicted molar refractivity (Wildman–Crippen MR) is 25.2 cm³/mol. The van der Waals surface area contributed by atoms with Crippen LogP contribution in [0.3, 0.4) is 0 Å². The van der Waals surface area contributed by atoms with Gasteiger partial charge in [-0.15, -0.1) is 0 Å². The van der Waals surface area contributed by atoms with Crippen LogP contribution in [0.25, 0.3) is 0 Å². The van der Waals surface area contributed by atoms with Gasteiger partial charge in [0.25, 0.3) is 0 Å². The molecule has 0 spiro atoms. The zero-order valence-corrected chi connectivity index (χ0v) is 6.27. The molecular weight excluding hydrogens is 177 g/mol. The summed E-state index contributed by atoms with van der Waals surface area (Å²) in [7, 11) is 0. The van der Waals surface area contributed by atoms with Crippen molar-refractivity contribution in [2.24, 2.45) is 0 Å². The van der Waals surface area contributed by atoms with Crippen molar-refractivity contribution in [2.45, 2.75) is 12.2 Å². The van der Waals surface area contributed by atoms with E-state index >= 15 is 0 Å². The Balaban J connectivity index is 1.97. The first-order valence-electron chi connectivity index (χ1n) is 1.25. The first-order valence-corrected chi connectivity index (χ1v) is 7.65. The predicted octanol–water partition coefficient (Wildman–Crippen LogP) is 1.44. The van der Waals surface area contributed by atoms with E-state index in [9.17, 15) is 0 Å². The van der Waals surface area contributed by atoms with Gasteiger partial charge in [0.1, 0.15) is 0 Å². The molecule has 0 nitrogen and oxygen atoms in total. The number of halogens is 1. The van der Waals surface area contributed by atoms with Crippen LogP contribution in [0, 0.1) is 0 Å². The summed E-state index contributed by atoms with van der Waals surface area (Å²) in [6.45, 7) is 2.19. The molecule has 0 saturated carbocycles. The second-order valence-corrected chi connectivity index (χ2v) is 5.45. The Morgan fingerprint density at radius 2 is 2.25 bits per heavy atom. The third-order valence-corrected chi connectivity index (χ3v) is 3.61. The summed E-state index contributed by atoms with van der Waals surface area (Å²) in [5, 5.41) is 1.36. The fourth-order valence-electron chi connectivity index (χ4n) is 0. The number of hydrogen-bond donors (Lipinski definition) is 0. The fourth-order valence-corrected chi connectivity index (χ4v) is 0. The third-order valence-electron chi connectivity index (χ3n) is 0.134. The molecule has 0 aromatic carbocycles. The van der Waals surface area contributed by atoms with E-state index in [0.29, 0.717) is 13.6 Å². The average Bonchev–Trinajstić information content (AvgIpc) is 1.37. The molecule has 0 amide bonds. The van der Waals surface area contributed by atoms with Crippen LogP contribution >= 0.6 is 14.0 Å². The first-order chi connectivity index (χ1) is 1.91. The van der Waals surface area contributed by atoms with Gasteiger partial charge in [-0.05, 0) is 0 Å². The Labute approximate surface area is 40.1 Å². The Hall–Kier alpha value is 1.02. The maximum absolute atomic E-state index is 3.37. The topological polar surface area (TPSA) is 0 Å². The second-order valence-electron chi connectivity index (χ2n) is 0.487. The summed E-state index contributed by atoms with van der Waals surface area (Å²) in [6.07, 6.45) is 0. The molecule has 0 fully saturated rings.